The van der Waals surface area contributed by atoms with Crippen molar-refractivity contribution in [2.75, 3.05) is 29.6 Å². The van der Waals surface area contributed by atoms with E-state index < -0.39 is 11.5 Å². The molecule has 2 amide bonds. The summed E-state index contributed by atoms with van der Waals surface area (Å²) in [5.74, 6) is -0.650. The number of nitrogens with zero attached hydrogens (tertiary/aromatic N) is 2. The van der Waals surface area contributed by atoms with Crippen molar-refractivity contribution in [2.45, 2.75) is 24.4 Å². The lowest BCUT2D eigenvalue weighted by molar-refractivity contribution is -0.139. The standard InChI is InChI=1S/C19H20N4O5S/c1-28-18(27)10-13-9-15(24)22-19(21-13)29-11-16(25)20-12-4-6-14(7-5-12)23-8-2-3-17(23)26/h4-7,9H,2-3,8,10-11H2,1H3,(H,20,25)(H,21,22,24). The Kier molecular flexibility index (Phi) is 6.65. The van der Waals surface area contributed by atoms with Gasteiger partial charge in [-0.05, 0) is 30.7 Å². The van der Waals surface area contributed by atoms with Crippen molar-refractivity contribution < 1.29 is 19.1 Å². The topological polar surface area (TPSA) is 121 Å². The van der Waals surface area contributed by atoms with Crippen molar-refractivity contribution in [1.29, 1.82) is 0 Å². The van der Waals surface area contributed by atoms with Crippen molar-refractivity contribution in [1.82, 2.24) is 9.97 Å². The zero-order valence-electron chi connectivity index (χ0n) is 15.8. The van der Waals surface area contributed by atoms with Crippen molar-refractivity contribution in [3.63, 3.8) is 0 Å². The van der Waals surface area contributed by atoms with Crippen molar-refractivity contribution in [3.05, 3.63) is 46.4 Å². The van der Waals surface area contributed by atoms with Gasteiger partial charge in [-0.2, -0.15) is 0 Å². The number of carbonyl (C=O) groups is 3. The van der Waals surface area contributed by atoms with Gasteiger partial charge in [-0.3, -0.25) is 19.2 Å². The molecule has 0 spiro atoms. The van der Waals surface area contributed by atoms with E-state index >= 15 is 0 Å². The number of H-pyrrole nitrogens is 1. The van der Waals surface area contributed by atoms with Crippen LogP contribution in [0, 0.1) is 0 Å². The van der Waals surface area contributed by atoms with E-state index in [4.69, 9.17) is 0 Å². The summed E-state index contributed by atoms with van der Waals surface area (Å²) in [5.41, 5.74) is 1.28. The highest BCUT2D eigenvalue weighted by atomic mass is 32.2. The Bertz CT molecular complexity index is 973. The van der Waals surface area contributed by atoms with E-state index in [9.17, 15) is 19.2 Å². The van der Waals surface area contributed by atoms with Crippen LogP contribution in [0.4, 0.5) is 11.4 Å². The number of anilines is 2. The molecule has 1 aliphatic heterocycles. The molecule has 10 heteroatoms. The third-order valence-electron chi connectivity index (χ3n) is 4.20. The maximum atomic E-state index is 12.2. The van der Waals surface area contributed by atoms with Gasteiger partial charge in [0.05, 0.1) is 25.0 Å². The molecule has 29 heavy (non-hydrogen) atoms. The maximum Gasteiger partial charge on any atom is 0.311 e. The molecular formula is C19H20N4O5S. The average Bonchev–Trinajstić information content (AvgIpc) is 3.12. The first-order valence-corrected chi connectivity index (χ1v) is 9.93. The van der Waals surface area contributed by atoms with Gasteiger partial charge in [-0.25, -0.2) is 4.98 Å². The number of benzene rings is 1. The van der Waals surface area contributed by atoms with E-state index in [0.717, 1.165) is 23.9 Å². The van der Waals surface area contributed by atoms with Crippen LogP contribution in [0.1, 0.15) is 18.5 Å². The third kappa shape index (κ3) is 5.67. The molecule has 1 aromatic carbocycles. The van der Waals surface area contributed by atoms with Crippen LogP contribution in [0.15, 0.2) is 40.3 Å². The van der Waals surface area contributed by atoms with E-state index in [2.05, 4.69) is 20.0 Å². The van der Waals surface area contributed by atoms with E-state index in [1.165, 1.54) is 13.2 Å². The van der Waals surface area contributed by atoms with Gasteiger partial charge in [0, 0.05) is 30.4 Å². The molecule has 2 aromatic rings. The Morgan fingerprint density at radius 2 is 2.03 bits per heavy atom. The van der Waals surface area contributed by atoms with Crippen LogP contribution in [0.25, 0.3) is 0 Å². The Labute approximate surface area is 170 Å². The zero-order valence-corrected chi connectivity index (χ0v) is 16.6. The predicted octanol–water partition coefficient (Wildman–Crippen LogP) is 1.34. The van der Waals surface area contributed by atoms with Crippen molar-refractivity contribution in [3.8, 4) is 0 Å². The quantitative estimate of drug-likeness (QED) is 0.397. The predicted molar refractivity (Wildman–Crippen MR) is 108 cm³/mol. The summed E-state index contributed by atoms with van der Waals surface area (Å²) < 4.78 is 4.56. The van der Waals surface area contributed by atoms with Gasteiger partial charge < -0.3 is 19.9 Å². The molecule has 1 aliphatic rings. The highest BCUT2D eigenvalue weighted by Crippen LogP contribution is 2.23. The number of amides is 2. The van der Waals surface area contributed by atoms with E-state index in [1.807, 2.05) is 0 Å². The molecule has 0 bridgehead atoms. The second-order valence-electron chi connectivity index (χ2n) is 6.33. The molecule has 9 nitrogen and oxygen atoms in total. The van der Waals surface area contributed by atoms with Crippen LogP contribution in [0.3, 0.4) is 0 Å². The number of thioether (sulfide) groups is 1. The van der Waals surface area contributed by atoms with E-state index in [-0.39, 0.29) is 34.8 Å². The second-order valence-corrected chi connectivity index (χ2v) is 7.29. The van der Waals surface area contributed by atoms with Crippen LogP contribution in [0.2, 0.25) is 0 Å². The van der Waals surface area contributed by atoms with Gasteiger partial charge in [0.1, 0.15) is 0 Å². The number of hydrogen-bond acceptors (Lipinski definition) is 7. The fourth-order valence-electron chi connectivity index (χ4n) is 2.84. The minimum Gasteiger partial charge on any atom is -0.469 e. The average molecular weight is 416 g/mol. The summed E-state index contributed by atoms with van der Waals surface area (Å²) in [6.45, 7) is 0.710. The molecule has 1 saturated heterocycles. The Morgan fingerprint density at radius 1 is 1.28 bits per heavy atom. The first-order valence-electron chi connectivity index (χ1n) is 8.95. The van der Waals surface area contributed by atoms with Gasteiger partial charge in [-0.15, -0.1) is 0 Å². The molecule has 0 saturated carbocycles. The number of nitrogens with one attached hydrogen (secondary N) is 2. The lowest BCUT2D eigenvalue weighted by atomic mass is 10.2. The minimum absolute atomic E-state index is 0.0248. The number of aromatic nitrogens is 2. The molecule has 152 valence electrons. The summed E-state index contributed by atoms with van der Waals surface area (Å²) in [4.78, 5) is 55.4. The monoisotopic (exact) mass is 416 g/mol. The Balaban J connectivity index is 1.55. The maximum absolute atomic E-state index is 12.2. The molecule has 0 aliphatic carbocycles. The van der Waals surface area contributed by atoms with Crippen LogP contribution in [0.5, 0.6) is 0 Å². The molecule has 3 rings (SSSR count). The highest BCUT2D eigenvalue weighted by Gasteiger charge is 2.21. The van der Waals surface area contributed by atoms with Crippen molar-refractivity contribution >= 4 is 40.9 Å². The summed E-state index contributed by atoms with van der Waals surface area (Å²) in [6.07, 6.45) is 1.30. The molecule has 0 radical (unpaired) electrons. The highest BCUT2D eigenvalue weighted by molar-refractivity contribution is 7.99. The number of aromatic amines is 1. The molecule has 1 aromatic heterocycles. The summed E-state index contributed by atoms with van der Waals surface area (Å²) in [6, 6.07) is 8.28. The largest absolute Gasteiger partial charge is 0.469 e. The summed E-state index contributed by atoms with van der Waals surface area (Å²) >= 11 is 1.05. The van der Waals surface area contributed by atoms with Crippen LogP contribution in [-0.2, 0) is 25.5 Å². The fourth-order valence-corrected chi connectivity index (χ4v) is 3.53. The molecule has 2 heterocycles. The van der Waals surface area contributed by atoms with Gasteiger partial charge in [0.2, 0.25) is 11.8 Å². The van der Waals surface area contributed by atoms with Crippen LogP contribution >= 0.6 is 11.8 Å². The van der Waals surface area contributed by atoms with Crippen LogP contribution in [-0.4, -0.2) is 47.2 Å². The van der Waals surface area contributed by atoms with Crippen LogP contribution < -0.4 is 15.8 Å². The van der Waals surface area contributed by atoms with Gasteiger partial charge in [-0.1, -0.05) is 11.8 Å². The molecule has 2 N–H and O–H groups in total. The Morgan fingerprint density at radius 3 is 2.69 bits per heavy atom. The SMILES string of the molecule is COC(=O)Cc1cc(=O)[nH]c(SCC(=O)Nc2ccc(N3CCCC3=O)cc2)n1. The number of methoxy groups -OCH3 is 1. The molecule has 1 fully saturated rings. The van der Waals surface area contributed by atoms with Gasteiger partial charge in [0.15, 0.2) is 5.16 Å². The van der Waals surface area contributed by atoms with Crippen molar-refractivity contribution in [2.24, 2.45) is 0 Å². The summed E-state index contributed by atoms with van der Waals surface area (Å²) in [7, 11) is 1.26. The molecule has 0 atom stereocenters. The number of carbonyl (C=O) groups excluding carboxylic acids is 3. The van der Waals surface area contributed by atoms with Gasteiger partial charge in [0.25, 0.3) is 5.56 Å². The number of hydrogen-bond donors (Lipinski definition) is 2. The van der Waals surface area contributed by atoms with Gasteiger partial charge >= 0.3 is 5.97 Å². The second kappa shape index (κ2) is 9.37. The summed E-state index contributed by atoms with van der Waals surface area (Å²) in [5, 5.41) is 3.00. The lowest BCUT2D eigenvalue weighted by Crippen LogP contribution is -2.23. The van der Waals surface area contributed by atoms with E-state index in [0.29, 0.717) is 18.7 Å². The minimum atomic E-state index is -0.504. The molecular weight excluding hydrogens is 396 g/mol. The van der Waals surface area contributed by atoms with E-state index in [1.54, 1.807) is 29.2 Å². The number of ether oxygens (including phenoxy) is 1. The molecule has 0 unspecified atom stereocenters. The third-order valence-corrected chi connectivity index (χ3v) is 5.08. The zero-order chi connectivity index (χ0) is 20.8. The first kappa shape index (κ1) is 20.6. The first-order chi connectivity index (χ1) is 13.9. The normalized spacial score (nSPS) is 13.4. The smallest absolute Gasteiger partial charge is 0.311 e. The number of esters is 1. The fraction of sp³-hybridized carbons (Fsp3) is 0.316. The lowest BCUT2D eigenvalue weighted by Gasteiger charge is -2.16. The Hall–Kier alpha value is -3.14. The number of rotatable bonds is 7.